The lowest BCUT2D eigenvalue weighted by atomic mass is 9.83. The molecule has 2 aromatic rings. The van der Waals surface area contributed by atoms with E-state index in [1.807, 2.05) is 23.1 Å². The van der Waals surface area contributed by atoms with E-state index in [0.29, 0.717) is 29.9 Å². The van der Waals surface area contributed by atoms with Crippen molar-refractivity contribution >= 4 is 50.4 Å². The van der Waals surface area contributed by atoms with Gasteiger partial charge in [-0.15, -0.1) is 15.6 Å². The molecule has 3 heterocycles. The lowest BCUT2D eigenvalue weighted by Gasteiger charge is -2.53. The Morgan fingerprint density at radius 3 is 2.53 bits per heavy atom. The van der Waals surface area contributed by atoms with Crippen LogP contribution in [0.3, 0.4) is 0 Å². The van der Waals surface area contributed by atoms with E-state index in [2.05, 4.69) is 14.4 Å². The molecule has 3 aliphatic rings. The molecule has 1 aromatic carbocycles. The molecule has 0 spiro atoms. The van der Waals surface area contributed by atoms with Crippen LogP contribution in [-0.2, 0) is 42.2 Å². The molecule has 1 aliphatic carbocycles. The quantitative estimate of drug-likeness (QED) is 0.0630. The molecule has 2 fully saturated rings. The number of nitrogen functional groups attached to an aromatic ring is 1. The van der Waals surface area contributed by atoms with Crippen LogP contribution in [0, 0.1) is 0 Å². The number of nitrogens with zero attached hydrogens (tertiary/aromatic N) is 6. The molecule has 1 unspecified atom stereocenters. The largest absolute Gasteiger partial charge is 0.490 e. The summed E-state index contributed by atoms with van der Waals surface area (Å²) in [4.78, 5) is 43.6. The van der Waals surface area contributed by atoms with Crippen LogP contribution in [-0.4, -0.2) is 100 Å². The summed E-state index contributed by atoms with van der Waals surface area (Å²) in [5.74, 6) is -0.452. The molecule has 0 radical (unpaired) electrons. The van der Waals surface area contributed by atoms with Crippen molar-refractivity contribution in [2.24, 2.45) is 21.6 Å². The molecule has 1 atom stereocenters. The van der Waals surface area contributed by atoms with Crippen LogP contribution in [0.4, 0.5) is 5.13 Å². The number of ether oxygens (including phenoxy) is 1. The second-order valence-corrected chi connectivity index (χ2v) is 14.0. The summed E-state index contributed by atoms with van der Waals surface area (Å²) in [5, 5.41) is 6.17. The topological polar surface area (TPSA) is 242 Å². The number of aliphatic imine (C=N–C) groups is 1. The number of amides is 2. The highest BCUT2D eigenvalue weighted by atomic mass is 32.3. The van der Waals surface area contributed by atoms with Gasteiger partial charge in [0.25, 0.3) is 11.8 Å². The number of carbonyl (C=O) groups excluding carboxylic acids is 2. The lowest BCUT2D eigenvalue weighted by Crippen LogP contribution is -2.76. The fourth-order valence-corrected chi connectivity index (χ4v) is 6.92. The smallest absolute Gasteiger partial charge is 0.418 e. The van der Waals surface area contributed by atoms with Gasteiger partial charge in [0.15, 0.2) is 23.4 Å². The molecule has 1 aromatic heterocycles. The number of thiazole rings is 1. The maximum absolute atomic E-state index is 13.5. The Kier molecular flexibility index (Phi) is 9.92. The third-order valence-electron chi connectivity index (χ3n) is 8.35. The van der Waals surface area contributed by atoms with Gasteiger partial charge in [0, 0.05) is 31.6 Å². The molecule has 2 amide bonds. The first kappa shape index (κ1) is 34.3. The second kappa shape index (κ2) is 13.6. The van der Waals surface area contributed by atoms with E-state index in [0.717, 1.165) is 53.0 Å². The van der Waals surface area contributed by atoms with Crippen molar-refractivity contribution in [2.45, 2.75) is 76.3 Å². The van der Waals surface area contributed by atoms with E-state index in [9.17, 15) is 18.0 Å². The number of anilines is 1. The Labute approximate surface area is 276 Å². The molecule has 5 rings (SSSR count). The number of carbonyl (C=O) groups is 2. The number of rotatable bonds is 11. The lowest BCUT2D eigenvalue weighted by molar-refractivity contribution is -0.229. The van der Waals surface area contributed by atoms with Crippen LogP contribution >= 0.6 is 11.3 Å². The minimum Gasteiger partial charge on any atom is -0.490 e. The van der Waals surface area contributed by atoms with E-state index in [1.54, 1.807) is 0 Å². The number of oxime groups is 1. The number of β-lactam (4-membered cyclic amide) rings is 1. The number of likely N-dealkylation sites (N-methyl/N-ethyl adjacent to an activating group) is 1. The number of guanidine groups is 1. The van der Waals surface area contributed by atoms with Gasteiger partial charge in [0.2, 0.25) is 0 Å². The zero-order chi connectivity index (χ0) is 34.1. The van der Waals surface area contributed by atoms with Crippen LogP contribution in [0.1, 0.15) is 56.4 Å². The van der Waals surface area contributed by atoms with Crippen LogP contribution in [0.2, 0.25) is 0 Å². The fourth-order valence-electron chi connectivity index (χ4n) is 5.91. The molecule has 0 bridgehead atoms. The first-order chi connectivity index (χ1) is 22.1. The Hall–Kier alpha value is -4.04. The molecular weight excluding hydrogens is 654 g/mol. The monoisotopic (exact) mass is 693 g/mol. The number of aromatic nitrogens is 1. The maximum atomic E-state index is 13.5. The predicted octanol–water partition coefficient (Wildman–Crippen LogP) is 0.607. The highest BCUT2D eigenvalue weighted by Gasteiger charge is 2.60. The number of nitrogens with two attached hydrogens (primary N) is 3. The highest BCUT2D eigenvalue weighted by Crippen LogP contribution is 2.36. The van der Waals surface area contributed by atoms with Crippen molar-refractivity contribution in [3.05, 3.63) is 40.4 Å². The molecule has 19 heteroatoms. The third kappa shape index (κ3) is 7.75. The zero-order valence-electron chi connectivity index (χ0n) is 26.2. The average Bonchev–Trinajstić information content (AvgIpc) is 3.64. The number of benzene rings is 1. The predicted molar refractivity (Wildman–Crippen MR) is 172 cm³/mol. The fraction of sp³-hybridized carbons (Fsp3) is 0.536. The van der Waals surface area contributed by atoms with Gasteiger partial charge in [-0.25, -0.2) is 9.98 Å². The van der Waals surface area contributed by atoms with Gasteiger partial charge in [-0.3, -0.25) is 14.1 Å². The van der Waals surface area contributed by atoms with Crippen molar-refractivity contribution in [1.82, 2.24) is 19.8 Å². The normalized spacial score (nSPS) is 22.9. The van der Waals surface area contributed by atoms with E-state index in [-0.39, 0.29) is 41.8 Å². The molecule has 1 saturated carbocycles. The van der Waals surface area contributed by atoms with Gasteiger partial charge >= 0.3 is 10.4 Å². The van der Waals surface area contributed by atoms with Crippen LogP contribution < -0.4 is 21.9 Å². The van der Waals surface area contributed by atoms with Gasteiger partial charge < -0.3 is 36.6 Å². The first-order valence-corrected chi connectivity index (χ1v) is 17.2. The molecule has 7 N–H and O–H groups in total. The van der Waals surface area contributed by atoms with Crippen LogP contribution in [0.5, 0.6) is 5.75 Å². The molecule has 47 heavy (non-hydrogen) atoms. The summed E-state index contributed by atoms with van der Waals surface area (Å²) < 4.78 is 41.6. The molecule has 256 valence electrons. The first-order valence-electron chi connectivity index (χ1n) is 14.9. The van der Waals surface area contributed by atoms with E-state index >= 15 is 0 Å². The van der Waals surface area contributed by atoms with Gasteiger partial charge in [0.05, 0.1) is 11.6 Å². The summed E-state index contributed by atoms with van der Waals surface area (Å²) in [6.07, 6.45) is 3.82. The second-order valence-electron chi connectivity index (χ2n) is 12.1. The van der Waals surface area contributed by atoms with Crippen LogP contribution in [0.15, 0.2) is 33.7 Å². The Bertz CT molecular complexity index is 1670. The number of hydrogen-bond acceptors (Lipinski definition) is 13. The van der Waals surface area contributed by atoms with Gasteiger partial charge in [0.1, 0.15) is 24.1 Å². The number of hydroxylamine groups is 2. The SMILES string of the molecule is CN(C(=O)/C(=N\OCCOc1ccc2c(c1)CN(C(N)=NC1CCC(N)CC1)C2)c1csc(N)n1)C1C(=O)N(OS(=O)(=O)O)C1(C)C. The van der Waals surface area contributed by atoms with E-state index in [1.165, 1.54) is 26.3 Å². The summed E-state index contributed by atoms with van der Waals surface area (Å²) in [7, 11) is -3.62. The molecular formula is C28H39N9O8S2. The van der Waals surface area contributed by atoms with Crippen molar-refractivity contribution < 1.29 is 36.4 Å². The third-order valence-corrected chi connectivity index (χ3v) is 9.36. The summed E-state index contributed by atoms with van der Waals surface area (Å²) in [6.45, 7) is 4.28. The Balaban J connectivity index is 1.17. The molecule has 1 saturated heterocycles. The zero-order valence-corrected chi connectivity index (χ0v) is 27.9. The van der Waals surface area contributed by atoms with E-state index in [4.69, 9.17) is 36.3 Å². The van der Waals surface area contributed by atoms with Crippen molar-refractivity contribution in [3.8, 4) is 5.75 Å². The standard InChI is InChI=1S/C28H39N9O8S2/c1-28(2)23(25(39)37(28)45-47(40,41)42)35(3)24(38)22(21-15-46-27(31)33-21)34-44-11-10-43-20-9-4-16-13-36(14-17(16)12-20)26(30)32-19-7-5-18(29)6-8-19/h4,9,12,15,18-19,23H,5-8,10-11,13-14,29H2,1-3H3,(H2,30,32)(H2,31,33)(H,40,41,42)/b34-22-. The maximum Gasteiger partial charge on any atom is 0.418 e. The Morgan fingerprint density at radius 1 is 1.19 bits per heavy atom. The van der Waals surface area contributed by atoms with Gasteiger partial charge in [-0.1, -0.05) is 11.2 Å². The summed E-state index contributed by atoms with van der Waals surface area (Å²) in [5.41, 5.74) is 18.9. The van der Waals surface area contributed by atoms with Crippen molar-refractivity contribution in [2.75, 3.05) is 26.0 Å². The molecule has 17 nitrogen and oxygen atoms in total. The van der Waals surface area contributed by atoms with Crippen LogP contribution in [0.25, 0.3) is 0 Å². The van der Waals surface area contributed by atoms with Gasteiger partial charge in [-0.2, -0.15) is 13.5 Å². The minimum absolute atomic E-state index is 0.0300. The number of hydrogen-bond donors (Lipinski definition) is 4. The van der Waals surface area contributed by atoms with Gasteiger partial charge in [-0.05, 0) is 62.8 Å². The molecule has 2 aliphatic heterocycles. The summed E-state index contributed by atoms with van der Waals surface area (Å²) in [6, 6.07) is 5.10. The number of fused-ring (bicyclic) bond motifs is 1. The minimum atomic E-state index is -4.96. The Morgan fingerprint density at radius 2 is 1.89 bits per heavy atom. The van der Waals surface area contributed by atoms with Crippen molar-refractivity contribution in [1.29, 1.82) is 0 Å². The average molecular weight is 694 g/mol. The summed E-state index contributed by atoms with van der Waals surface area (Å²) >= 11 is 1.08. The highest BCUT2D eigenvalue weighted by molar-refractivity contribution is 7.80. The van der Waals surface area contributed by atoms with E-state index < -0.39 is 33.8 Å². The van der Waals surface area contributed by atoms with Crippen molar-refractivity contribution in [3.63, 3.8) is 0 Å².